The van der Waals surface area contributed by atoms with Gasteiger partial charge in [-0.3, -0.25) is 4.79 Å². The van der Waals surface area contributed by atoms with Gasteiger partial charge in [0.1, 0.15) is 5.75 Å². The zero-order valence-corrected chi connectivity index (χ0v) is 12.0. The van der Waals surface area contributed by atoms with E-state index in [4.69, 9.17) is 0 Å². The van der Waals surface area contributed by atoms with E-state index in [9.17, 15) is 18.0 Å². The third kappa shape index (κ3) is 4.65. The molecular weight excluding hydrogens is 283 g/mol. The highest BCUT2D eigenvalue weighted by Gasteiger charge is 2.32. The topological polar surface area (TPSA) is 38.3 Å². The first-order valence-electron chi connectivity index (χ1n) is 6.81. The predicted octanol–water partition coefficient (Wildman–Crippen LogP) is 3.89. The fourth-order valence-corrected chi connectivity index (χ4v) is 2.64. The van der Waals surface area contributed by atoms with E-state index >= 15 is 0 Å². The van der Waals surface area contributed by atoms with Crippen LogP contribution < -0.4 is 10.1 Å². The van der Waals surface area contributed by atoms with Crippen LogP contribution in [0.2, 0.25) is 0 Å². The Bertz CT molecular complexity index is 509. The molecule has 1 unspecified atom stereocenters. The monoisotopic (exact) mass is 301 g/mol. The number of alkyl halides is 3. The van der Waals surface area contributed by atoms with Gasteiger partial charge in [-0.1, -0.05) is 13.8 Å². The summed E-state index contributed by atoms with van der Waals surface area (Å²) in [6.07, 6.45) is -1.84. The molecule has 1 aliphatic carbocycles. The molecule has 1 N–H and O–H groups in total. The Morgan fingerprint density at radius 1 is 1.29 bits per heavy atom. The van der Waals surface area contributed by atoms with Gasteiger partial charge in [-0.05, 0) is 48.9 Å². The Kier molecular flexibility index (Phi) is 4.16. The van der Waals surface area contributed by atoms with Crippen molar-refractivity contribution in [2.24, 2.45) is 5.41 Å². The zero-order chi connectivity index (χ0) is 15.7. The first kappa shape index (κ1) is 15.7. The second kappa shape index (κ2) is 5.58. The summed E-state index contributed by atoms with van der Waals surface area (Å²) < 4.78 is 39.9. The lowest BCUT2D eigenvalue weighted by Gasteiger charge is -2.18. The van der Waals surface area contributed by atoms with Gasteiger partial charge in [0, 0.05) is 11.6 Å². The van der Waals surface area contributed by atoms with Crippen LogP contribution in [0.15, 0.2) is 24.3 Å². The highest BCUT2D eigenvalue weighted by Crippen LogP contribution is 2.37. The van der Waals surface area contributed by atoms with Crippen LogP contribution in [0, 0.1) is 5.41 Å². The molecule has 1 fully saturated rings. The SMILES string of the molecule is CC1(C)CCC(NC(=O)c2ccc(OC(F)(F)F)cc2)C1. The number of nitrogens with one attached hydrogen (secondary N) is 1. The highest BCUT2D eigenvalue weighted by molar-refractivity contribution is 5.94. The smallest absolute Gasteiger partial charge is 0.406 e. The van der Waals surface area contributed by atoms with Gasteiger partial charge in [-0.2, -0.15) is 0 Å². The largest absolute Gasteiger partial charge is 0.573 e. The third-order valence-electron chi connectivity index (χ3n) is 3.65. The van der Waals surface area contributed by atoms with Crippen LogP contribution >= 0.6 is 0 Å². The number of rotatable bonds is 3. The van der Waals surface area contributed by atoms with Gasteiger partial charge in [-0.15, -0.1) is 13.2 Å². The molecule has 116 valence electrons. The average molecular weight is 301 g/mol. The predicted molar refractivity (Wildman–Crippen MR) is 72.0 cm³/mol. The lowest BCUT2D eigenvalue weighted by atomic mass is 9.92. The van der Waals surface area contributed by atoms with E-state index in [1.165, 1.54) is 12.1 Å². The van der Waals surface area contributed by atoms with E-state index in [2.05, 4.69) is 23.9 Å². The van der Waals surface area contributed by atoms with E-state index in [1.54, 1.807) is 0 Å². The molecule has 1 saturated carbocycles. The standard InChI is InChI=1S/C15H18F3NO2/c1-14(2)8-7-11(9-14)19-13(20)10-3-5-12(6-4-10)21-15(16,17)18/h3-6,11H,7-9H2,1-2H3,(H,19,20). The van der Waals surface area contributed by atoms with E-state index < -0.39 is 6.36 Å². The first-order chi connectivity index (χ1) is 9.65. The number of halogens is 3. The molecule has 0 saturated heterocycles. The van der Waals surface area contributed by atoms with Crippen LogP contribution in [0.4, 0.5) is 13.2 Å². The molecule has 21 heavy (non-hydrogen) atoms. The molecular formula is C15H18F3NO2. The highest BCUT2D eigenvalue weighted by atomic mass is 19.4. The normalized spacial score (nSPS) is 21.1. The van der Waals surface area contributed by atoms with Crippen LogP contribution in [-0.2, 0) is 0 Å². The van der Waals surface area contributed by atoms with Crippen molar-refractivity contribution in [1.82, 2.24) is 5.32 Å². The molecule has 0 radical (unpaired) electrons. The minimum atomic E-state index is -4.72. The molecule has 1 aromatic carbocycles. The second-order valence-corrected chi connectivity index (χ2v) is 6.15. The molecule has 1 atom stereocenters. The minimum Gasteiger partial charge on any atom is -0.406 e. The number of amides is 1. The van der Waals surface area contributed by atoms with Crippen LogP contribution in [0.3, 0.4) is 0 Å². The Morgan fingerprint density at radius 3 is 2.38 bits per heavy atom. The maximum atomic E-state index is 12.0. The molecule has 0 heterocycles. The molecule has 0 spiro atoms. The molecule has 0 bridgehead atoms. The summed E-state index contributed by atoms with van der Waals surface area (Å²) in [7, 11) is 0. The molecule has 0 aliphatic heterocycles. The number of carbonyl (C=O) groups is 1. The van der Waals surface area contributed by atoms with E-state index in [0.717, 1.165) is 31.4 Å². The quantitative estimate of drug-likeness (QED) is 0.919. The third-order valence-corrected chi connectivity index (χ3v) is 3.65. The number of ether oxygens (including phenoxy) is 1. The summed E-state index contributed by atoms with van der Waals surface area (Å²) in [4.78, 5) is 12.0. The Balaban J connectivity index is 1.94. The van der Waals surface area contributed by atoms with Crippen molar-refractivity contribution in [3.63, 3.8) is 0 Å². The van der Waals surface area contributed by atoms with Crippen LogP contribution in [0.25, 0.3) is 0 Å². The summed E-state index contributed by atoms with van der Waals surface area (Å²) in [5.74, 6) is -0.600. The van der Waals surface area contributed by atoms with Gasteiger partial charge in [0.15, 0.2) is 0 Å². The van der Waals surface area contributed by atoms with Crippen molar-refractivity contribution in [1.29, 1.82) is 0 Å². The summed E-state index contributed by atoms with van der Waals surface area (Å²) in [6.45, 7) is 4.31. The molecule has 1 aromatic rings. The van der Waals surface area contributed by atoms with Crippen LogP contribution in [-0.4, -0.2) is 18.3 Å². The van der Waals surface area contributed by atoms with Gasteiger partial charge in [0.25, 0.3) is 5.91 Å². The Morgan fingerprint density at radius 2 is 1.90 bits per heavy atom. The fourth-order valence-electron chi connectivity index (χ4n) is 2.64. The number of benzene rings is 1. The van der Waals surface area contributed by atoms with E-state index in [0.29, 0.717) is 5.56 Å². The van der Waals surface area contributed by atoms with Gasteiger partial charge in [0.05, 0.1) is 0 Å². The minimum absolute atomic E-state index is 0.124. The number of hydrogen-bond acceptors (Lipinski definition) is 2. The van der Waals surface area contributed by atoms with Crippen molar-refractivity contribution in [2.75, 3.05) is 0 Å². The molecule has 0 aromatic heterocycles. The van der Waals surface area contributed by atoms with Crippen molar-refractivity contribution in [3.8, 4) is 5.75 Å². The van der Waals surface area contributed by atoms with Crippen molar-refractivity contribution in [3.05, 3.63) is 29.8 Å². The average Bonchev–Trinajstić information content (AvgIpc) is 2.67. The zero-order valence-electron chi connectivity index (χ0n) is 12.0. The summed E-state index contributed by atoms with van der Waals surface area (Å²) in [5, 5.41) is 2.92. The maximum absolute atomic E-state index is 12.0. The summed E-state index contributed by atoms with van der Waals surface area (Å²) >= 11 is 0. The van der Waals surface area contributed by atoms with Crippen LogP contribution in [0.5, 0.6) is 5.75 Å². The molecule has 1 aliphatic rings. The molecule has 1 amide bonds. The lowest BCUT2D eigenvalue weighted by Crippen LogP contribution is -2.33. The van der Waals surface area contributed by atoms with Crippen molar-refractivity contribution >= 4 is 5.91 Å². The van der Waals surface area contributed by atoms with Gasteiger partial charge in [-0.25, -0.2) is 0 Å². The first-order valence-corrected chi connectivity index (χ1v) is 6.81. The number of hydrogen-bond donors (Lipinski definition) is 1. The van der Waals surface area contributed by atoms with Crippen LogP contribution in [0.1, 0.15) is 43.5 Å². The Hall–Kier alpha value is -1.72. The van der Waals surface area contributed by atoms with Crippen molar-refractivity contribution < 1.29 is 22.7 Å². The van der Waals surface area contributed by atoms with Gasteiger partial charge in [0.2, 0.25) is 0 Å². The molecule has 6 heteroatoms. The maximum Gasteiger partial charge on any atom is 0.573 e. The van der Waals surface area contributed by atoms with Crippen molar-refractivity contribution in [2.45, 2.75) is 45.5 Å². The Labute approximate surface area is 121 Å². The lowest BCUT2D eigenvalue weighted by molar-refractivity contribution is -0.274. The second-order valence-electron chi connectivity index (χ2n) is 6.15. The molecule has 2 rings (SSSR count). The summed E-state index contributed by atoms with van der Waals surface area (Å²) in [5.41, 5.74) is 0.553. The van der Waals surface area contributed by atoms with Gasteiger partial charge >= 0.3 is 6.36 Å². The fraction of sp³-hybridized carbons (Fsp3) is 0.533. The molecule has 3 nitrogen and oxygen atoms in total. The summed E-state index contributed by atoms with van der Waals surface area (Å²) in [6, 6.07) is 5.06. The van der Waals surface area contributed by atoms with E-state index in [-0.39, 0.29) is 23.1 Å². The number of carbonyl (C=O) groups excluding carboxylic acids is 1. The van der Waals surface area contributed by atoms with E-state index in [1.807, 2.05) is 0 Å². The van der Waals surface area contributed by atoms with Gasteiger partial charge < -0.3 is 10.1 Å².